The molecule has 0 saturated heterocycles. The second-order valence-corrected chi connectivity index (χ2v) is 2.99. The zero-order valence-corrected chi connectivity index (χ0v) is 14.8. The standard InChI is InChI=1S/2K.H2O10S2/c;;1-11(2,3)9-7-8-10-12(4,5)6/h;;(H,1,2,3)(H,4,5,6)/q2*+1;/p-2. The van der Waals surface area contributed by atoms with E-state index in [9.17, 15) is 25.9 Å². The Labute approximate surface area is 164 Å². The van der Waals surface area contributed by atoms with Gasteiger partial charge in [-0.15, -0.1) is 0 Å². The molecule has 14 heteroatoms. The fourth-order valence-corrected chi connectivity index (χ4v) is 0.272. The Morgan fingerprint density at radius 1 is 0.714 bits per heavy atom. The van der Waals surface area contributed by atoms with Gasteiger partial charge in [-0.1, -0.05) is 8.67 Å². The molecule has 0 rings (SSSR count). The van der Waals surface area contributed by atoms with Crippen LogP contribution in [0, 0.1) is 0 Å². The van der Waals surface area contributed by atoms with Crippen LogP contribution in [0.4, 0.5) is 0 Å². The van der Waals surface area contributed by atoms with Crippen LogP contribution < -0.4 is 103 Å². The van der Waals surface area contributed by atoms with Crippen molar-refractivity contribution >= 4 is 20.8 Å². The molecule has 0 aliphatic rings. The summed E-state index contributed by atoms with van der Waals surface area (Å²) in [5.74, 6) is 0. The summed E-state index contributed by atoms with van der Waals surface area (Å²) in [4.78, 5) is 0. The fourth-order valence-electron chi connectivity index (χ4n) is 0.0907. The van der Waals surface area contributed by atoms with Crippen molar-refractivity contribution in [3.8, 4) is 0 Å². The van der Waals surface area contributed by atoms with E-state index in [4.69, 9.17) is 0 Å². The van der Waals surface area contributed by atoms with Crippen LogP contribution >= 0.6 is 0 Å². The molecule has 0 N–H and O–H groups in total. The quantitative estimate of drug-likeness (QED) is 0.119. The zero-order chi connectivity index (χ0) is 9.83. The molecule has 74 valence electrons. The number of hydrogen-bond donors (Lipinski definition) is 0. The molecule has 0 aromatic heterocycles. The van der Waals surface area contributed by atoms with Crippen LogP contribution in [-0.2, 0) is 39.5 Å². The van der Waals surface area contributed by atoms with E-state index in [1.54, 1.807) is 0 Å². The predicted octanol–water partition coefficient (Wildman–Crippen LogP) is -8.27. The third-order valence-corrected chi connectivity index (χ3v) is 0.694. The van der Waals surface area contributed by atoms with Gasteiger partial charge in [-0.25, -0.2) is 16.8 Å². The first-order valence-corrected chi connectivity index (χ1v) is 4.50. The van der Waals surface area contributed by atoms with E-state index in [1.165, 1.54) is 0 Å². The van der Waals surface area contributed by atoms with Crippen molar-refractivity contribution in [2.45, 2.75) is 0 Å². The summed E-state index contributed by atoms with van der Waals surface area (Å²) < 4.78 is 62.5. The Balaban J connectivity index is -0.000000605. The van der Waals surface area contributed by atoms with Crippen LogP contribution in [0.2, 0.25) is 0 Å². The van der Waals surface area contributed by atoms with Gasteiger partial charge in [-0.2, -0.15) is 0 Å². The molecular weight excluding hydrogens is 302 g/mol. The molecule has 0 radical (unpaired) electrons. The second kappa shape index (κ2) is 9.91. The average molecular weight is 302 g/mol. The van der Waals surface area contributed by atoms with Crippen molar-refractivity contribution in [1.82, 2.24) is 0 Å². The molecule has 0 aromatic rings. The molecule has 0 spiro atoms. The molecule has 0 fully saturated rings. The summed E-state index contributed by atoms with van der Waals surface area (Å²) in [5, 5.41) is 5.74. The molecule has 0 aliphatic heterocycles. The molecular formula is K2O10S2. The van der Waals surface area contributed by atoms with Gasteiger partial charge in [0.15, 0.2) is 0 Å². The smallest absolute Gasteiger partial charge is 0.724 e. The molecule has 0 amide bonds. The molecule has 0 aromatic carbocycles. The summed E-state index contributed by atoms with van der Waals surface area (Å²) in [5.41, 5.74) is 0. The van der Waals surface area contributed by atoms with Gasteiger partial charge in [-0.05, 0) is 10.1 Å². The summed E-state index contributed by atoms with van der Waals surface area (Å²) in [6.07, 6.45) is 0. The van der Waals surface area contributed by atoms with E-state index >= 15 is 0 Å². The largest absolute Gasteiger partial charge is 1.00 e. The van der Waals surface area contributed by atoms with E-state index in [0.717, 1.165) is 0 Å². The first-order valence-electron chi connectivity index (χ1n) is 1.83. The molecule has 14 heavy (non-hydrogen) atoms. The van der Waals surface area contributed by atoms with E-state index in [-0.39, 0.29) is 103 Å². The SMILES string of the molecule is O=S(=O)([O-])OOOOS(=O)(=O)[O-].[K+].[K+]. The van der Waals surface area contributed by atoms with Crippen molar-refractivity contribution in [3.63, 3.8) is 0 Å². The van der Waals surface area contributed by atoms with Gasteiger partial charge in [0, 0.05) is 0 Å². The van der Waals surface area contributed by atoms with Gasteiger partial charge < -0.3 is 9.11 Å². The summed E-state index contributed by atoms with van der Waals surface area (Å²) >= 11 is 0. The summed E-state index contributed by atoms with van der Waals surface area (Å²) in [6, 6.07) is 0. The Morgan fingerprint density at radius 2 is 0.929 bits per heavy atom. The van der Waals surface area contributed by atoms with E-state index in [2.05, 4.69) is 18.7 Å². The van der Waals surface area contributed by atoms with Crippen LogP contribution in [0.15, 0.2) is 0 Å². The van der Waals surface area contributed by atoms with Crippen LogP contribution in [0.3, 0.4) is 0 Å². The number of rotatable bonds is 5. The minimum Gasteiger partial charge on any atom is -0.724 e. The first kappa shape index (κ1) is 22.1. The van der Waals surface area contributed by atoms with Crippen molar-refractivity contribution < 1.29 is 147 Å². The monoisotopic (exact) mass is 302 g/mol. The Hall–Kier alpha value is 2.93. The fraction of sp³-hybridized carbons (Fsp3) is 0. The van der Waals surface area contributed by atoms with Crippen LogP contribution in [0.5, 0.6) is 0 Å². The van der Waals surface area contributed by atoms with Gasteiger partial charge in [0.25, 0.3) is 0 Å². The molecule has 0 saturated carbocycles. The van der Waals surface area contributed by atoms with Gasteiger partial charge in [-0.3, -0.25) is 0 Å². The second-order valence-electron chi connectivity index (χ2n) is 1.09. The third-order valence-electron chi connectivity index (χ3n) is 0.250. The topological polar surface area (TPSA) is 151 Å². The van der Waals surface area contributed by atoms with Gasteiger partial charge in [0.1, 0.15) is 0 Å². The third kappa shape index (κ3) is 20.4. The zero-order valence-electron chi connectivity index (χ0n) is 6.90. The maximum absolute atomic E-state index is 9.49. The van der Waals surface area contributed by atoms with Crippen molar-refractivity contribution in [2.24, 2.45) is 0 Å². The Bertz CT molecular complexity index is 276. The molecule has 0 bridgehead atoms. The summed E-state index contributed by atoms with van der Waals surface area (Å²) in [6.45, 7) is 0. The van der Waals surface area contributed by atoms with Gasteiger partial charge in [0.05, 0.1) is 0 Å². The van der Waals surface area contributed by atoms with Crippen molar-refractivity contribution in [1.29, 1.82) is 0 Å². The van der Waals surface area contributed by atoms with Gasteiger partial charge in [0.2, 0.25) is 20.8 Å². The molecule has 0 atom stereocenters. The Morgan fingerprint density at radius 3 is 1.07 bits per heavy atom. The normalized spacial score (nSPS) is 11.3. The van der Waals surface area contributed by atoms with Crippen LogP contribution in [-0.4, -0.2) is 25.9 Å². The van der Waals surface area contributed by atoms with Crippen molar-refractivity contribution in [2.75, 3.05) is 0 Å². The van der Waals surface area contributed by atoms with E-state index < -0.39 is 20.8 Å². The molecule has 10 nitrogen and oxygen atoms in total. The molecule has 0 heterocycles. The van der Waals surface area contributed by atoms with Crippen LogP contribution in [0.1, 0.15) is 0 Å². The summed E-state index contributed by atoms with van der Waals surface area (Å²) in [7, 11) is -10.4. The minimum atomic E-state index is -5.22. The van der Waals surface area contributed by atoms with Gasteiger partial charge >= 0.3 is 103 Å². The average Bonchev–Trinajstić information content (AvgIpc) is 1.76. The maximum atomic E-state index is 9.49. The maximum Gasteiger partial charge on any atom is 1.00 e. The predicted molar refractivity (Wildman–Crippen MR) is 23.7 cm³/mol. The first-order chi connectivity index (χ1) is 5.21. The molecule has 0 unspecified atom stereocenters. The Kier molecular flexibility index (Phi) is 15.7. The van der Waals surface area contributed by atoms with Crippen molar-refractivity contribution in [3.05, 3.63) is 0 Å². The van der Waals surface area contributed by atoms with E-state index in [1.807, 2.05) is 0 Å². The molecule has 0 aliphatic carbocycles. The van der Waals surface area contributed by atoms with Crippen LogP contribution in [0.25, 0.3) is 0 Å². The minimum absolute atomic E-state index is 0. The van der Waals surface area contributed by atoms with E-state index in [0.29, 0.717) is 0 Å². The number of hydrogen-bond acceptors (Lipinski definition) is 10.